The third-order valence-electron chi connectivity index (χ3n) is 4.42. The molecule has 0 saturated carbocycles. The van der Waals surface area contributed by atoms with Gasteiger partial charge in [-0.25, -0.2) is 4.79 Å². The molecule has 0 bridgehead atoms. The number of amides is 3. The van der Waals surface area contributed by atoms with Crippen LogP contribution in [0.25, 0.3) is 0 Å². The number of likely N-dealkylation sites (tertiary alicyclic amines) is 1. The lowest BCUT2D eigenvalue weighted by Gasteiger charge is -2.32. The van der Waals surface area contributed by atoms with Gasteiger partial charge in [-0.15, -0.1) is 0 Å². The molecule has 1 aliphatic heterocycles. The highest BCUT2D eigenvalue weighted by Crippen LogP contribution is 2.21. The van der Waals surface area contributed by atoms with E-state index in [-0.39, 0.29) is 12.5 Å². The van der Waals surface area contributed by atoms with E-state index in [0.717, 1.165) is 4.47 Å². The van der Waals surface area contributed by atoms with Crippen molar-refractivity contribution in [2.45, 2.75) is 39.2 Å². The van der Waals surface area contributed by atoms with Crippen LogP contribution in [0.15, 0.2) is 28.7 Å². The third-order valence-corrected chi connectivity index (χ3v) is 5.11. The van der Waals surface area contributed by atoms with Crippen LogP contribution < -0.4 is 10.6 Å². The van der Waals surface area contributed by atoms with E-state index in [9.17, 15) is 19.2 Å². The fraction of sp³-hybridized carbons (Fsp3) is 0.524. The van der Waals surface area contributed by atoms with E-state index < -0.39 is 36.1 Å². The second-order valence-electron chi connectivity index (χ2n) is 8.15. The van der Waals surface area contributed by atoms with Gasteiger partial charge in [0.15, 0.2) is 6.61 Å². The third kappa shape index (κ3) is 8.56. The van der Waals surface area contributed by atoms with Crippen LogP contribution in [0.2, 0.25) is 0 Å². The second kappa shape index (κ2) is 11.1. The van der Waals surface area contributed by atoms with Gasteiger partial charge in [0.05, 0.1) is 18.2 Å². The Morgan fingerprint density at radius 1 is 1.10 bits per heavy atom. The van der Waals surface area contributed by atoms with E-state index in [1.54, 1.807) is 43.9 Å². The van der Waals surface area contributed by atoms with Crippen molar-refractivity contribution in [1.82, 2.24) is 10.2 Å². The molecule has 0 spiro atoms. The van der Waals surface area contributed by atoms with E-state index in [2.05, 4.69) is 26.6 Å². The van der Waals surface area contributed by atoms with Crippen LogP contribution in [0.5, 0.6) is 0 Å². The summed E-state index contributed by atoms with van der Waals surface area (Å²) in [5.74, 6) is -1.84. The molecule has 0 atom stereocenters. The SMILES string of the molecule is CC(C)(C)OC(=O)N1CCC(C(=O)OCC(=O)NCC(=O)Nc2ccccc2Br)CC1. The summed E-state index contributed by atoms with van der Waals surface area (Å²) in [6.45, 7) is 5.45. The number of carbonyl (C=O) groups excluding carboxylic acids is 4. The van der Waals surface area contributed by atoms with Gasteiger partial charge in [-0.2, -0.15) is 0 Å². The maximum absolute atomic E-state index is 12.2. The minimum Gasteiger partial charge on any atom is -0.455 e. The Labute approximate surface area is 189 Å². The van der Waals surface area contributed by atoms with Gasteiger partial charge in [0.1, 0.15) is 5.60 Å². The average molecular weight is 498 g/mol. The van der Waals surface area contributed by atoms with Crippen molar-refractivity contribution in [1.29, 1.82) is 0 Å². The molecular formula is C21H28BrN3O6. The van der Waals surface area contributed by atoms with Crippen molar-refractivity contribution in [3.63, 3.8) is 0 Å². The molecule has 31 heavy (non-hydrogen) atoms. The normalized spacial score (nSPS) is 14.5. The number of anilines is 1. The van der Waals surface area contributed by atoms with Gasteiger partial charge in [0, 0.05) is 17.6 Å². The summed E-state index contributed by atoms with van der Waals surface area (Å²) in [5, 5.41) is 5.07. The number of carbonyl (C=O) groups is 4. The minimum atomic E-state index is -0.575. The monoisotopic (exact) mass is 497 g/mol. The van der Waals surface area contributed by atoms with Crippen molar-refractivity contribution >= 4 is 45.5 Å². The summed E-state index contributed by atoms with van der Waals surface area (Å²) in [4.78, 5) is 49.6. The second-order valence-corrected chi connectivity index (χ2v) is 9.01. The number of halogens is 1. The largest absolute Gasteiger partial charge is 0.455 e. The molecule has 9 nitrogen and oxygen atoms in total. The van der Waals surface area contributed by atoms with Gasteiger partial charge >= 0.3 is 12.1 Å². The zero-order valence-electron chi connectivity index (χ0n) is 17.9. The van der Waals surface area contributed by atoms with Crippen LogP contribution in [-0.2, 0) is 23.9 Å². The Hall–Kier alpha value is -2.62. The summed E-state index contributed by atoms with van der Waals surface area (Å²) in [6, 6.07) is 7.10. The number of benzene rings is 1. The molecular weight excluding hydrogens is 470 g/mol. The van der Waals surface area contributed by atoms with Crippen molar-refractivity contribution in [2.24, 2.45) is 5.92 Å². The number of para-hydroxylation sites is 1. The molecule has 1 aromatic rings. The smallest absolute Gasteiger partial charge is 0.410 e. The van der Waals surface area contributed by atoms with Crippen molar-refractivity contribution in [2.75, 3.05) is 31.6 Å². The molecule has 1 aliphatic rings. The fourth-order valence-electron chi connectivity index (χ4n) is 2.87. The Morgan fingerprint density at radius 2 is 1.74 bits per heavy atom. The van der Waals surface area contributed by atoms with E-state index in [0.29, 0.717) is 31.6 Å². The first kappa shape index (κ1) is 24.6. The number of nitrogens with one attached hydrogen (secondary N) is 2. The van der Waals surface area contributed by atoms with Crippen LogP contribution in [0.3, 0.4) is 0 Å². The van der Waals surface area contributed by atoms with Gasteiger partial charge < -0.3 is 25.0 Å². The fourth-order valence-corrected chi connectivity index (χ4v) is 3.25. The number of rotatable bonds is 6. The van der Waals surface area contributed by atoms with Crippen LogP contribution in [0.1, 0.15) is 33.6 Å². The van der Waals surface area contributed by atoms with Crippen molar-refractivity contribution < 1.29 is 28.7 Å². The molecule has 0 radical (unpaired) electrons. The number of hydrogen-bond donors (Lipinski definition) is 2. The van der Waals surface area contributed by atoms with E-state index in [4.69, 9.17) is 9.47 Å². The first-order valence-electron chi connectivity index (χ1n) is 10.0. The molecule has 0 aliphatic carbocycles. The Balaban J connectivity index is 1.66. The lowest BCUT2D eigenvalue weighted by Crippen LogP contribution is -2.43. The predicted octanol–water partition coefficient (Wildman–Crippen LogP) is 2.69. The minimum absolute atomic E-state index is 0.244. The zero-order valence-corrected chi connectivity index (χ0v) is 19.5. The number of piperidine rings is 1. The lowest BCUT2D eigenvalue weighted by molar-refractivity contribution is -0.154. The molecule has 170 valence electrons. The number of hydrogen-bond acceptors (Lipinski definition) is 6. The number of nitrogens with zero attached hydrogens (tertiary/aromatic N) is 1. The Morgan fingerprint density at radius 3 is 2.35 bits per heavy atom. The Bertz CT molecular complexity index is 816. The molecule has 3 amide bonds. The molecule has 0 aromatic heterocycles. The van der Waals surface area contributed by atoms with Gasteiger partial charge in [-0.3, -0.25) is 14.4 Å². The summed E-state index contributed by atoms with van der Waals surface area (Å²) in [6.07, 6.45) is 0.474. The van der Waals surface area contributed by atoms with E-state index in [1.165, 1.54) is 0 Å². The van der Waals surface area contributed by atoms with Gasteiger partial charge in [0.25, 0.3) is 5.91 Å². The quantitative estimate of drug-likeness (QED) is 0.584. The van der Waals surface area contributed by atoms with Crippen LogP contribution >= 0.6 is 15.9 Å². The van der Waals surface area contributed by atoms with E-state index in [1.807, 2.05) is 6.07 Å². The van der Waals surface area contributed by atoms with Crippen LogP contribution in [-0.4, -0.2) is 60.6 Å². The molecule has 10 heteroatoms. The number of ether oxygens (including phenoxy) is 2. The molecule has 0 unspecified atom stereocenters. The summed E-state index contributed by atoms with van der Waals surface area (Å²) in [5.41, 5.74) is 0.0141. The Kier molecular flexibility index (Phi) is 8.85. The number of esters is 1. The summed E-state index contributed by atoms with van der Waals surface area (Å²) < 4.78 is 11.1. The molecule has 1 fully saturated rings. The first-order valence-corrected chi connectivity index (χ1v) is 10.8. The predicted molar refractivity (Wildman–Crippen MR) is 117 cm³/mol. The molecule has 1 heterocycles. The van der Waals surface area contributed by atoms with Gasteiger partial charge in [0.2, 0.25) is 5.91 Å². The highest BCUT2D eigenvalue weighted by molar-refractivity contribution is 9.10. The summed E-state index contributed by atoms with van der Waals surface area (Å²) in [7, 11) is 0. The first-order chi connectivity index (χ1) is 14.5. The van der Waals surface area contributed by atoms with Gasteiger partial charge in [-0.05, 0) is 61.7 Å². The van der Waals surface area contributed by atoms with Crippen LogP contribution in [0.4, 0.5) is 10.5 Å². The molecule has 1 aromatic carbocycles. The standard InChI is InChI=1S/C21H28BrN3O6/c1-21(2,3)31-20(29)25-10-8-14(9-11-25)19(28)30-13-18(27)23-12-17(26)24-16-7-5-4-6-15(16)22/h4-7,14H,8-13H2,1-3H3,(H,23,27)(H,24,26). The van der Waals surface area contributed by atoms with Crippen molar-refractivity contribution in [3.8, 4) is 0 Å². The van der Waals surface area contributed by atoms with Crippen molar-refractivity contribution in [3.05, 3.63) is 28.7 Å². The highest BCUT2D eigenvalue weighted by atomic mass is 79.9. The van der Waals surface area contributed by atoms with E-state index >= 15 is 0 Å². The maximum atomic E-state index is 12.2. The zero-order chi connectivity index (χ0) is 23.0. The molecule has 2 N–H and O–H groups in total. The average Bonchev–Trinajstić information content (AvgIpc) is 2.71. The topological polar surface area (TPSA) is 114 Å². The maximum Gasteiger partial charge on any atom is 0.410 e. The lowest BCUT2D eigenvalue weighted by atomic mass is 9.97. The highest BCUT2D eigenvalue weighted by Gasteiger charge is 2.30. The summed E-state index contributed by atoms with van der Waals surface area (Å²) >= 11 is 3.32. The van der Waals surface area contributed by atoms with Crippen LogP contribution in [0, 0.1) is 5.92 Å². The molecule has 2 rings (SSSR count). The van der Waals surface area contributed by atoms with Gasteiger partial charge in [-0.1, -0.05) is 12.1 Å². The molecule has 1 saturated heterocycles.